The Morgan fingerprint density at radius 2 is 2.00 bits per heavy atom. The number of hydrogen-bond acceptors (Lipinski definition) is 4. The number of hydrogen-bond donors (Lipinski definition) is 3. The van der Waals surface area contributed by atoms with Gasteiger partial charge in [-0.1, -0.05) is 38.0 Å². The monoisotopic (exact) mass is 294 g/mol. The van der Waals surface area contributed by atoms with Crippen molar-refractivity contribution in [3.05, 3.63) is 37.3 Å². The third-order valence-corrected chi connectivity index (χ3v) is 3.11. The summed E-state index contributed by atoms with van der Waals surface area (Å²) in [5.41, 5.74) is 0. The molecular weight excluding hydrogens is 270 g/mol. The highest BCUT2D eigenvalue weighted by molar-refractivity contribution is 5.70. The number of aliphatic carboxylic acids is 1. The third-order valence-electron chi connectivity index (χ3n) is 3.11. The molecule has 21 heavy (non-hydrogen) atoms. The van der Waals surface area contributed by atoms with Crippen molar-refractivity contribution in [1.82, 2.24) is 5.32 Å². The van der Waals surface area contributed by atoms with E-state index in [1.54, 1.807) is 0 Å². The SMILES string of the molecule is [CH2]CCCC(CNCC(O)COc1ccccc1)C(=O)O. The average Bonchev–Trinajstić information content (AvgIpc) is 2.49. The predicted molar refractivity (Wildman–Crippen MR) is 81.1 cm³/mol. The van der Waals surface area contributed by atoms with Gasteiger partial charge < -0.3 is 20.3 Å². The number of carboxylic acids is 1. The third kappa shape index (κ3) is 7.68. The molecule has 117 valence electrons. The molecule has 0 bridgehead atoms. The highest BCUT2D eigenvalue weighted by atomic mass is 16.5. The topological polar surface area (TPSA) is 78.8 Å². The van der Waals surface area contributed by atoms with Gasteiger partial charge in [-0.05, 0) is 18.6 Å². The summed E-state index contributed by atoms with van der Waals surface area (Å²) in [4.78, 5) is 11.0. The molecule has 0 aromatic heterocycles. The van der Waals surface area contributed by atoms with Crippen LogP contribution in [-0.4, -0.2) is 42.0 Å². The van der Waals surface area contributed by atoms with Crippen molar-refractivity contribution in [2.24, 2.45) is 5.92 Å². The largest absolute Gasteiger partial charge is 0.491 e. The Balaban J connectivity index is 2.19. The summed E-state index contributed by atoms with van der Waals surface area (Å²) in [5.74, 6) is -0.546. The smallest absolute Gasteiger partial charge is 0.307 e. The summed E-state index contributed by atoms with van der Waals surface area (Å²) in [6, 6.07) is 9.25. The van der Waals surface area contributed by atoms with E-state index < -0.39 is 18.0 Å². The number of unbranched alkanes of at least 4 members (excludes halogenated alkanes) is 1. The molecule has 0 saturated carbocycles. The van der Waals surface area contributed by atoms with Gasteiger partial charge in [-0.3, -0.25) is 4.79 Å². The summed E-state index contributed by atoms with van der Waals surface area (Å²) < 4.78 is 5.42. The Hall–Kier alpha value is -1.59. The van der Waals surface area contributed by atoms with Crippen molar-refractivity contribution in [2.75, 3.05) is 19.7 Å². The highest BCUT2D eigenvalue weighted by Crippen LogP contribution is 2.09. The second kappa shape index (κ2) is 10.2. The Kier molecular flexibility index (Phi) is 8.47. The van der Waals surface area contributed by atoms with Crippen molar-refractivity contribution in [1.29, 1.82) is 0 Å². The number of para-hydroxylation sites is 1. The van der Waals surface area contributed by atoms with E-state index in [-0.39, 0.29) is 6.61 Å². The number of nitrogens with one attached hydrogen (secondary N) is 1. The number of ether oxygens (including phenoxy) is 1. The van der Waals surface area contributed by atoms with Crippen LogP contribution in [0, 0.1) is 12.8 Å². The van der Waals surface area contributed by atoms with Gasteiger partial charge in [0.05, 0.1) is 5.92 Å². The molecule has 0 aliphatic heterocycles. The minimum absolute atomic E-state index is 0.174. The first-order valence-corrected chi connectivity index (χ1v) is 7.22. The van der Waals surface area contributed by atoms with Crippen molar-refractivity contribution in [2.45, 2.75) is 25.4 Å². The quantitative estimate of drug-likeness (QED) is 0.579. The van der Waals surface area contributed by atoms with E-state index in [1.807, 2.05) is 30.3 Å². The zero-order valence-corrected chi connectivity index (χ0v) is 12.2. The van der Waals surface area contributed by atoms with Gasteiger partial charge in [0.2, 0.25) is 0 Å². The summed E-state index contributed by atoms with van der Waals surface area (Å²) in [6.45, 7) is 4.53. The number of aliphatic hydroxyl groups excluding tert-OH is 1. The van der Waals surface area contributed by atoms with Crippen molar-refractivity contribution < 1.29 is 19.7 Å². The normalized spacial score (nSPS) is 13.6. The van der Waals surface area contributed by atoms with Crippen LogP contribution in [-0.2, 0) is 4.79 Å². The number of rotatable bonds is 11. The lowest BCUT2D eigenvalue weighted by molar-refractivity contribution is -0.141. The van der Waals surface area contributed by atoms with Crippen molar-refractivity contribution in [3.63, 3.8) is 0 Å². The molecule has 5 heteroatoms. The van der Waals surface area contributed by atoms with Crippen LogP contribution in [0.25, 0.3) is 0 Å². The van der Waals surface area contributed by atoms with Crippen LogP contribution in [0.15, 0.2) is 30.3 Å². The van der Waals surface area contributed by atoms with Gasteiger partial charge in [0, 0.05) is 13.1 Å². The summed E-state index contributed by atoms with van der Waals surface area (Å²) in [6.07, 6.45) is 1.45. The Labute approximate surface area is 125 Å². The van der Waals surface area contributed by atoms with E-state index in [9.17, 15) is 9.90 Å². The first-order valence-electron chi connectivity index (χ1n) is 7.22. The molecule has 1 radical (unpaired) electrons. The molecule has 0 aliphatic carbocycles. The average molecular weight is 294 g/mol. The van der Waals surface area contributed by atoms with E-state index >= 15 is 0 Å². The predicted octanol–water partition coefficient (Wildman–Crippen LogP) is 1.72. The second-order valence-electron chi connectivity index (χ2n) is 4.97. The summed E-state index contributed by atoms with van der Waals surface area (Å²) in [5, 5.41) is 21.8. The molecule has 2 unspecified atom stereocenters. The minimum atomic E-state index is -0.814. The second-order valence-corrected chi connectivity index (χ2v) is 4.97. The Bertz CT molecular complexity index is 397. The van der Waals surface area contributed by atoms with Crippen molar-refractivity contribution in [3.8, 4) is 5.75 Å². The number of aliphatic hydroxyl groups is 1. The first-order chi connectivity index (χ1) is 10.1. The molecule has 0 amide bonds. The van der Waals surface area contributed by atoms with Crippen LogP contribution < -0.4 is 10.1 Å². The maximum Gasteiger partial charge on any atom is 0.307 e. The fourth-order valence-corrected chi connectivity index (χ4v) is 1.90. The Morgan fingerprint density at radius 3 is 2.62 bits per heavy atom. The van der Waals surface area contributed by atoms with Gasteiger partial charge in [0.15, 0.2) is 0 Å². The molecule has 0 fully saturated rings. The van der Waals surface area contributed by atoms with E-state index in [0.29, 0.717) is 25.3 Å². The molecule has 5 nitrogen and oxygen atoms in total. The van der Waals surface area contributed by atoms with Gasteiger partial charge in [-0.25, -0.2) is 0 Å². The summed E-state index contributed by atoms with van der Waals surface area (Å²) in [7, 11) is 0. The zero-order valence-electron chi connectivity index (χ0n) is 12.2. The molecule has 1 aromatic rings. The standard InChI is InChI=1S/C16H24NO4/c1-2-3-7-13(16(19)20)10-17-11-14(18)12-21-15-8-5-4-6-9-15/h4-6,8-9,13-14,17-18H,1-3,7,10-12H2,(H,19,20). The molecular formula is C16H24NO4. The van der Waals surface area contributed by atoms with Crippen molar-refractivity contribution >= 4 is 5.97 Å². The summed E-state index contributed by atoms with van der Waals surface area (Å²) >= 11 is 0. The van der Waals surface area contributed by atoms with E-state index in [1.165, 1.54) is 0 Å². The number of carbonyl (C=O) groups is 1. The lowest BCUT2D eigenvalue weighted by Crippen LogP contribution is -2.36. The van der Waals surface area contributed by atoms with Crippen LogP contribution in [0.2, 0.25) is 0 Å². The molecule has 0 saturated heterocycles. The lowest BCUT2D eigenvalue weighted by atomic mass is 10.0. The van der Waals surface area contributed by atoms with Gasteiger partial charge in [-0.2, -0.15) is 0 Å². The molecule has 1 rings (SSSR count). The van der Waals surface area contributed by atoms with Crippen LogP contribution in [0.4, 0.5) is 0 Å². The maximum atomic E-state index is 11.0. The van der Waals surface area contributed by atoms with Gasteiger partial charge in [0.1, 0.15) is 18.5 Å². The maximum absolute atomic E-state index is 11.0. The number of carboxylic acid groups (broad SMARTS) is 1. The molecule has 1 aromatic carbocycles. The Morgan fingerprint density at radius 1 is 1.29 bits per heavy atom. The van der Waals surface area contributed by atoms with Gasteiger partial charge in [0.25, 0.3) is 0 Å². The van der Waals surface area contributed by atoms with E-state index in [4.69, 9.17) is 9.84 Å². The molecule has 0 aliphatic rings. The molecule has 0 heterocycles. The lowest BCUT2D eigenvalue weighted by Gasteiger charge is -2.16. The first kappa shape index (κ1) is 17.5. The highest BCUT2D eigenvalue weighted by Gasteiger charge is 2.16. The zero-order chi connectivity index (χ0) is 15.5. The molecule has 0 spiro atoms. The molecule has 2 atom stereocenters. The van der Waals surface area contributed by atoms with E-state index in [0.717, 1.165) is 12.8 Å². The van der Waals surface area contributed by atoms with E-state index in [2.05, 4.69) is 12.2 Å². The van der Waals surface area contributed by atoms with Crippen LogP contribution in [0.3, 0.4) is 0 Å². The fraction of sp³-hybridized carbons (Fsp3) is 0.500. The van der Waals surface area contributed by atoms with Crippen LogP contribution in [0.5, 0.6) is 5.75 Å². The van der Waals surface area contributed by atoms with Gasteiger partial charge >= 0.3 is 5.97 Å². The van der Waals surface area contributed by atoms with Crippen LogP contribution >= 0.6 is 0 Å². The fourth-order valence-electron chi connectivity index (χ4n) is 1.90. The number of benzene rings is 1. The minimum Gasteiger partial charge on any atom is -0.491 e. The van der Waals surface area contributed by atoms with Crippen LogP contribution in [0.1, 0.15) is 19.3 Å². The molecule has 3 N–H and O–H groups in total. The van der Waals surface area contributed by atoms with Gasteiger partial charge in [-0.15, -0.1) is 0 Å².